The number of benzene rings is 2. The molecule has 0 bridgehead atoms. The number of amides is 4. The van der Waals surface area contributed by atoms with Crippen LogP contribution in [-0.2, 0) is 32.1 Å². The summed E-state index contributed by atoms with van der Waals surface area (Å²) in [6, 6.07) is 0.292. The van der Waals surface area contributed by atoms with E-state index in [9.17, 15) is 68.2 Å². The Hall–Kier alpha value is -6.18. The Morgan fingerprint density at radius 2 is 1.10 bits per heavy atom. The first kappa shape index (κ1) is 55.4. The summed E-state index contributed by atoms with van der Waals surface area (Å²) >= 11 is 0. The van der Waals surface area contributed by atoms with Gasteiger partial charge < -0.3 is 21.1 Å². The van der Waals surface area contributed by atoms with Gasteiger partial charge in [-0.05, 0) is 62.9 Å². The average Bonchev–Trinajstić information content (AvgIpc) is 3.97. The number of halogens is 12. The zero-order valence-electron chi connectivity index (χ0n) is 37.6. The number of carbonyl (C=O) groups excluding carboxylic acids is 4. The summed E-state index contributed by atoms with van der Waals surface area (Å²) in [5.74, 6) is -8.00. The summed E-state index contributed by atoms with van der Waals surface area (Å²) in [4.78, 5) is 52.8. The van der Waals surface area contributed by atoms with Crippen LogP contribution in [0.2, 0.25) is 0 Å². The lowest BCUT2D eigenvalue weighted by Gasteiger charge is -2.38. The number of nitrogens with one attached hydrogen (secondary N) is 4. The number of aliphatic hydroxyl groups is 1. The van der Waals surface area contributed by atoms with Crippen molar-refractivity contribution in [2.75, 3.05) is 6.54 Å². The summed E-state index contributed by atoms with van der Waals surface area (Å²) in [6.45, 7) is -3.44. The molecule has 4 rings (SSSR count). The maximum atomic E-state index is 15.9. The third-order valence-corrected chi connectivity index (χ3v) is 11.3. The van der Waals surface area contributed by atoms with E-state index in [0.717, 1.165) is 24.8 Å². The summed E-state index contributed by atoms with van der Waals surface area (Å²) in [5, 5.41) is 25.6. The van der Waals surface area contributed by atoms with E-state index in [0.29, 0.717) is 55.1 Å². The molecule has 14 nitrogen and oxygen atoms in total. The van der Waals surface area contributed by atoms with Crippen LogP contribution in [0, 0.1) is 22.5 Å². The molecular formula is C43H49F12N9O5. The van der Waals surface area contributed by atoms with Gasteiger partial charge in [0.2, 0.25) is 17.7 Å². The zero-order chi connectivity index (χ0) is 52.0. The summed E-state index contributed by atoms with van der Waals surface area (Å²) < 4.78 is 172. The Balaban J connectivity index is 1.83. The third-order valence-electron chi connectivity index (χ3n) is 11.3. The van der Waals surface area contributed by atoms with Gasteiger partial charge in [0.05, 0.1) is 35.4 Å². The van der Waals surface area contributed by atoms with Crippen molar-refractivity contribution < 1.29 is 77.0 Å². The first-order chi connectivity index (χ1) is 31.9. The van der Waals surface area contributed by atoms with Gasteiger partial charge in [-0.15, -0.1) is 0 Å². The lowest BCUT2D eigenvalue weighted by Crippen LogP contribution is -2.63. The number of aromatic nitrogens is 4. The second-order valence-electron chi connectivity index (χ2n) is 17.0. The van der Waals surface area contributed by atoms with E-state index in [1.165, 1.54) is 38.1 Å². The molecular weight excluding hydrogens is 951 g/mol. The summed E-state index contributed by atoms with van der Waals surface area (Å²) in [5.41, 5.74) is -4.66. The van der Waals surface area contributed by atoms with Gasteiger partial charge in [-0.2, -0.15) is 54.1 Å². The SMILES string of the molecule is CCC(=O)NC(C(=O)N[C@@H](Cc1ccc(-c2cnn(C(F)F)c2)cc1)[C@@H](O)CN(Cc1c(F)cc(-c2cnn(C(F)F)c2)cc1F)NC(=O)C(NC(=O)CC)C(C)(C)C(F)(F)F)C(C)(C)C(F)(F)F. The maximum absolute atomic E-state index is 15.9. The Bertz CT molecular complexity index is 2400. The molecule has 0 saturated carbocycles. The van der Waals surface area contributed by atoms with Crippen molar-refractivity contribution in [3.8, 4) is 22.3 Å². The molecule has 0 fully saturated rings. The Morgan fingerprint density at radius 3 is 1.51 bits per heavy atom. The second-order valence-corrected chi connectivity index (χ2v) is 17.0. The fraction of sp³-hybridized carbons (Fsp3) is 0.488. The normalized spacial score (nSPS) is 14.4. The van der Waals surface area contributed by atoms with Crippen LogP contribution in [0.15, 0.2) is 61.2 Å². The first-order valence-corrected chi connectivity index (χ1v) is 20.9. The Labute approximate surface area is 386 Å². The van der Waals surface area contributed by atoms with Crippen LogP contribution in [-0.4, -0.2) is 96.4 Å². The van der Waals surface area contributed by atoms with Crippen molar-refractivity contribution in [3.05, 3.63) is 83.9 Å². The van der Waals surface area contributed by atoms with Crippen LogP contribution in [0.1, 0.15) is 78.6 Å². The van der Waals surface area contributed by atoms with E-state index in [1.807, 2.05) is 16.1 Å². The molecule has 0 spiro atoms. The molecule has 26 heteroatoms. The number of hydrazine groups is 1. The van der Waals surface area contributed by atoms with E-state index in [4.69, 9.17) is 0 Å². The van der Waals surface area contributed by atoms with Crippen molar-refractivity contribution in [1.29, 1.82) is 0 Å². The summed E-state index contributed by atoms with van der Waals surface area (Å²) in [6.07, 6.45) is -10.0. The predicted molar refractivity (Wildman–Crippen MR) is 222 cm³/mol. The molecule has 0 aliphatic carbocycles. The molecule has 69 heavy (non-hydrogen) atoms. The van der Waals surface area contributed by atoms with E-state index >= 15 is 8.78 Å². The smallest absolute Gasteiger partial charge is 0.390 e. The number of aliphatic hydroxyl groups excluding tert-OH is 1. The molecule has 4 amide bonds. The number of carbonyl (C=O) groups is 4. The fourth-order valence-electron chi connectivity index (χ4n) is 6.66. The predicted octanol–water partition coefficient (Wildman–Crippen LogP) is 7.37. The van der Waals surface area contributed by atoms with Crippen LogP contribution in [0.5, 0.6) is 0 Å². The average molecular weight is 1000 g/mol. The van der Waals surface area contributed by atoms with Gasteiger partial charge in [0.15, 0.2) is 0 Å². The zero-order valence-corrected chi connectivity index (χ0v) is 37.6. The minimum Gasteiger partial charge on any atom is -0.390 e. The number of hydrogen-bond donors (Lipinski definition) is 5. The molecule has 5 N–H and O–H groups in total. The van der Waals surface area contributed by atoms with Crippen LogP contribution in [0.3, 0.4) is 0 Å². The molecule has 4 atom stereocenters. The van der Waals surface area contributed by atoms with Crippen LogP contribution >= 0.6 is 0 Å². The second kappa shape index (κ2) is 22.1. The Morgan fingerprint density at radius 1 is 0.667 bits per heavy atom. The molecule has 0 saturated heterocycles. The molecule has 2 unspecified atom stereocenters. The standard InChI is InChI=1S/C43H49F12N9O5/c1-7-32(66)59-34(40(3,4)42(50,51)52)36(68)58-30(13-22-9-11-23(12-10-22)25-16-56-63(18-25)38(46)47)31(65)21-62(61-37(69)35(60-33(67)8-2)41(5,6)43(53,54)55)20-27-28(44)14-24(15-29(27)45)26-17-57-64(19-26)39(48)49/h9-12,14-19,30-31,34-35,38-39,65H,7-8,13,20-21H2,1-6H3,(H,58,68)(H,59,66)(H,60,67)(H,61,69)/t30-,31-,34?,35?/m0/s1. The van der Waals surface area contributed by atoms with Crippen LogP contribution in [0.25, 0.3) is 22.3 Å². The van der Waals surface area contributed by atoms with Crippen molar-refractivity contribution in [1.82, 2.24) is 45.9 Å². The van der Waals surface area contributed by atoms with Crippen LogP contribution in [0.4, 0.5) is 52.7 Å². The van der Waals surface area contributed by atoms with Crippen LogP contribution < -0.4 is 21.4 Å². The topological polar surface area (TPSA) is 176 Å². The molecule has 0 radical (unpaired) electrons. The quantitative estimate of drug-likeness (QED) is 0.0425. The summed E-state index contributed by atoms with van der Waals surface area (Å²) in [7, 11) is 0. The largest absolute Gasteiger partial charge is 0.396 e. The minimum atomic E-state index is -5.19. The highest BCUT2D eigenvalue weighted by Gasteiger charge is 2.57. The number of nitrogens with zero attached hydrogens (tertiary/aromatic N) is 5. The molecule has 2 aromatic carbocycles. The minimum absolute atomic E-state index is 0.180. The van der Waals surface area contributed by atoms with Crippen molar-refractivity contribution in [2.45, 2.75) is 117 Å². The third kappa shape index (κ3) is 13.5. The van der Waals surface area contributed by atoms with E-state index in [2.05, 4.69) is 15.5 Å². The number of rotatable bonds is 21. The fourth-order valence-corrected chi connectivity index (χ4v) is 6.66. The molecule has 2 aromatic heterocycles. The van der Waals surface area contributed by atoms with E-state index in [-0.39, 0.29) is 33.4 Å². The highest BCUT2D eigenvalue weighted by molar-refractivity contribution is 5.89. The molecule has 2 heterocycles. The number of hydrogen-bond acceptors (Lipinski definition) is 8. The van der Waals surface area contributed by atoms with Gasteiger partial charge in [0.1, 0.15) is 23.7 Å². The van der Waals surface area contributed by atoms with Gasteiger partial charge in [0.25, 0.3) is 5.91 Å². The maximum Gasteiger partial charge on any atom is 0.396 e. The van der Waals surface area contributed by atoms with Crippen molar-refractivity contribution in [2.24, 2.45) is 10.8 Å². The monoisotopic (exact) mass is 999 g/mol. The van der Waals surface area contributed by atoms with E-state index < -0.39 is 127 Å². The van der Waals surface area contributed by atoms with Crippen molar-refractivity contribution >= 4 is 23.6 Å². The molecule has 4 aromatic rings. The Kier molecular flexibility index (Phi) is 17.7. The number of alkyl halides is 10. The van der Waals surface area contributed by atoms with E-state index in [1.54, 1.807) is 0 Å². The lowest BCUT2D eigenvalue weighted by atomic mass is 9.82. The van der Waals surface area contributed by atoms with Gasteiger partial charge in [-0.3, -0.25) is 24.6 Å². The highest BCUT2D eigenvalue weighted by atomic mass is 19.4. The molecule has 0 aliphatic heterocycles. The van der Waals surface area contributed by atoms with Gasteiger partial charge in [0, 0.05) is 55.0 Å². The van der Waals surface area contributed by atoms with Gasteiger partial charge in [-0.25, -0.2) is 23.2 Å². The van der Waals surface area contributed by atoms with Crippen molar-refractivity contribution in [3.63, 3.8) is 0 Å². The highest BCUT2D eigenvalue weighted by Crippen LogP contribution is 2.42. The first-order valence-electron chi connectivity index (χ1n) is 20.9. The lowest BCUT2D eigenvalue weighted by molar-refractivity contribution is -0.222. The molecule has 380 valence electrons. The van der Waals surface area contributed by atoms with Gasteiger partial charge in [-0.1, -0.05) is 38.1 Å². The van der Waals surface area contributed by atoms with Gasteiger partial charge >= 0.3 is 25.5 Å². The molecule has 0 aliphatic rings.